The minimum absolute atomic E-state index is 0.228. The van der Waals surface area contributed by atoms with Crippen LogP contribution in [0.15, 0.2) is 6.07 Å². The highest BCUT2D eigenvalue weighted by Gasteiger charge is 2.22. The van der Waals surface area contributed by atoms with Crippen LogP contribution in [0.2, 0.25) is 0 Å². The molecule has 0 radical (unpaired) electrons. The maximum atomic E-state index is 11.8. The normalized spacial score (nSPS) is 17.2. The smallest absolute Gasteiger partial charge is 0.350 e. The fourth-order valence-electron chi connectivity index (χ4n) is 2.75. The minimum atomic E-state index is -0.228. The summed E-state index contributed by atoms with van der Waals surface area (Å²) in [5.74, 6) is 0.482. The Bertz CT molecular complexity index is 464. The molecule has 0 bridgehead atoms. The van der Waals surface area contributed by atoms with Gasteiger partial charge in [0.2, 0.25) is 0 Å². The van der Waals surface area contributed by atoms with Gasteiger partial charge < -0.3 is 14.5 Å². The summed E-state index contributed by atoms with van der Waals surface area (Å²) in [6.45, 7) is 5.38. The van der Waals surface area contributed by atoms with Gasteiger partial charge in [-0.3, -0.25) is 0 Å². The van der Waals surface area contributed by atoms with Gasteiger partial charge in [0.1, 0.15) is 4.88 Å². The molecule has 2 heterocycles. The number of rotatable bonds is 4. The van der Waals surface area contributed by atoms with Crippen molar-refractivity contribution in [2.24, 2.45) is 5.92 Å². The van der Waals surface area contributed by atoms with E-state index < -0.39 is 0 Å². The lowest BCUT2D eigenvalue weighted by Crippen LogP contribution is -2.36. The lowest BCUT2D eigenvalue weighted by Gasteiger charge is -2.32. The molecule has 20 heavy (non-hydrogen) atoms. The summed E-state index contributed by atoms with van der Waals surface area (Å²) in [6, 6.07) is 2.09. The van der Waals surface area contributed by atoms with Crippen molar-refractivity contribution in [3.8, 4) is 0 Å². The summed E-state index contributed by atoms with van der Waals surface area (Å²) >= 11 is 1.51. The summed E-state index contributed by atoms with van der Waals surface area (Å²) in [6.07, 6.45) is 2.47. The second-order valence-corrected chi connectivity index (χ2v) is 6.95. The first kappa shape index (κ1) is 15.3. The van der Waals surface area contributed by atoms with Crippen molar-refractivity contribution in [1.29, 1.82) is 0 Å². The van der Waals surface area contributed by atoms with Crippen molar-refractivity contribution in [3.05, 3.63) is 15.8 Å². The molecule has 0 spiro atoms. The van der Waals surface area contributed by atoms with E-state index in [0.717, 1.165) is 22.0 Å². The van der Waals surface area contributed by atoms with E-state index in [0.29, 0.717) is 5.92 Å². The standard InChI is InChI=1S/C15H24N2O2S/c1-11-9-13(14(20-11)15(18)19-4)17(3)10-12-5-7-16(2)8-6-12/h9,12H,5-8,10H2,1-4H3. The molecule has 0 aliphatic carbocycles. The molecule has 1 saturated heterocycles. The number of anilines is 1. The average Bonchev–Trinajstić information content (AvgIpc) is 2.82. The zero-order valence-corrected chi connectivity index (χ0v) is 13.6. The fourth-order valence-corrected chi connectivity index (χ4v) is 3.73. The second kappa shape index (κ2) is 6.59. The van der Waals surface area contributed by atoms with Gasteiger partial charge in [-0.1, -0.05) is 0 Å². The third-order valence-corrected chi connectivity index (χ3v) is 5.01. The minimum Gasteiger partial charge on any atom is -0.465 e. The number of thiophene rings is 1. The van der Waals surface area contributed by atoms with E-state index >= 15 is 0 Å². The number of nitrogens with zero attached hydrogens (tertiary/aromatic N) is 2. The number of hydrogen-bond acceptors (Lipinski definition) is 5. The molecule has 1 aliphatic rings. The van der Waals surface area contributed by atoms with Gasteiger partial charge in [0.25, 0.3) is 0 Å². The predicted octanol–water partition coefficient (Wildman–Crippen LogP) is 2.62. The maximum Gasteiger partial charge on any atom is 0.350 e. The van der Waals surface area contributed by atoms with Gasteiger partial charge in [-0.25, -0.2) is 4.79 Å². The molecule has 1 aliphatic heterocycles. The number of methoxy groups -OCH3 is 1. The van der Waals surface area contributed by atoms with E-state index in [1.54, 1.807) is 0 Å². The monoisotopic (exact) mass is 296 g/mol. The molecular formula is C15H24N2O2S. The molecule has 0 atom stereocenters. The topological polar surface area (TPSA) is 32.8 Å². The van der Waals surface area contributed by atoms with Crippen molar-refractivity contribution in [2.45, 2.75) is 19.8 Å². The van der Waals surface area contributed by atoms with Crippen LogP contribution in [0.1, 0.15) is 27.4 Å². The lowest BCUT2D eigenvalue weighted by atomic mass is 9.96. The van der Waals surface area contributed by atoms with Crippen LogP contribution in [-0.4, -0.2) is 51.7 Å². The number of carbonyl (C=O) groups excluding carboxylic acids is 1. The Labute approximate surface area is 125 Å². The van der Waals surface area contributed by atoms with Crippen LogP contribution in [0, 0.1) is 12.8 Å². The summed E-state index contributed by atoms with van der Waals surface area (Å²) < 4.78 is 4.88. The van der Waals surface area contributed by atoms with E-state index in [1.807, 2.05) is 6.92 Å². The van der Waals surface area contributed by atoms with Crippen molar-refractivity contribution in [2.75, 3.05) is 45.7 Å². The van der Waals surface area contributed by atoms with Gasteiger partial charge in [0.05, 0.1) is 12.8 Å². The zero-order chi connectivity index (χ0) is 14.7. The quantitative estimate of drug-likeness (QED) is 0.800. The summed E-state index contributed by atoms with van der Waals surface area (Å²) in [4.78, 5) is 18.3. The molecule has 1 fully saturated rings. The first-order valence-corrected chi connectivity index (χ1v) is 7.91. The Kier molecular flexibility index (Phi) is 5.05. The number of aryl methyl sites for hydroxylation is 1. The van der Waals surface area contributed by atoms with Gasteiger partial charge in [-0.15, -0.1) is 11.3 Å². The van der Waals surface area contributed by atoms with E-state index in [2.05, 4.69) is 30.0 Å². The van der Waals surface area contributed by atoms with Crippen LogP contribution in [-0.2, 0) is 4.74 Å². The molecule has 2 rings (SSSR count). The number of hydrogen-bond donors (Lipinski definition) is 0. The van der Waals surface area contributed by atoms with E-state index in [1.165, 1.54) is 44.4 Å². The molecule has 0 saturated carbocycles. The van der Waals surface area contributed by atoms with Crippen molar-refractivity contribution < 1.29 is 9.53 Å². The van der Waals surface area contributed by atoms with Crippen LogP contribution in [0.5, 0.6) is 0 Å². The van der Waals surface area contributed by atoms with Gasteiger partial charge in [0.15, 0.2) is 0 Å². The molecule has 112 valence electrons. The molecule has 0 aromatic carbocycles. The molecule has 0 unspecified atom stereocenters. The van der Waals surface area contributed by atoms with Gasteiger partial charge in [-0.2, -0.15) is 0 Å². The van der Waals surface area contributed by atoms with Gasteiger partial charge in [-0.05, 0) is 51.9 Å². The summed E-state index contributed by atoms with van der Waals surface area (Å²) in [5, 5.41) is 0. The van der Waals surface area contributed by atoms with Crippen LogP contribution >= 0.6 is 11.3 Å². The van der Waals surface area contributed by atoms with Crippen LogP contribution in [0.25, 0.3) is 0 Å². The van der Waals surface area contributed by atoms with Crippen molar-refractivity contribution in [1.82, 2.24) is 4.90 Å². The molecule has 0 amide bonds. The first-order valence-electron chi connectivity index (χ1n) is 7.09. The van der Waals surface area contributed by atoms with E-state index in [9.17, 15) is 4.79 Å². The number of ether oxygens (including phenoxy) is 1. The van der Waals surface area contributed by atoms with Crippen molar-refractivity contribution >= 4 is 23.0 Å². The SMILES string of the molecule is COC(=O)c1sc(C)cc1N(C)CC1CCN(C)CC1. The maximum absolute atomic E-state index is 11.8. The number of piperidine rings is 1. The third kappa shape index (κ3) is 3.52. The first-order chi connectivity index (χ1) is 9.51. The Morgan fingerprint density at radius 2 is 2.15 bits per heavy atom. The molecule has 1 aromatic heterocycles. The summed E-state index contributed by atoms with van der Waals surface area (Å²) in [7, 11) is 5.70. The highest BCUT2D eigenvalue weighted by Crippen LogP contribution is 2.31. The average molecular weight is 296 g/mol. The lowest BCUT2D eigenvalue weighted by molar-refractivity contribution is 0.0607. The number of likely N-dealkylation sites (tertiary alicyclic amines) is 1. The van der Waals surface area contributed by atoms with E-state index in [-0.39, 0.29) is 5.97 Å². The Morgan fingerprint density at radius 3 is 2.75 bits per heavy atom. The largest absolute Gasteiger partial charge is 0.465 e. The second-order valence-electron chi connectivity index (χ2n) is 5.69. The van der Waals surface area contributed by atoms with Crippen LogP contribution in [0.4, 0.5) is 5.69 Å². The van der Waals surface area contributed by atoms with Crippen molar-refractivity contribution in [3.63, 3.8) is 0 Å². The van der Waals surface area contributed by atoms with Crippen LogP contribution < -0.4 is 4.90 Å². The zero-order valence-electron chi connectivity index (χ0n) is 12.8. The number of esters is 1. The Morgan fingerprint density at radius 1 is 1.50 bits per heavy atom. The Hall–Kier alpha value is -1.07. The summed E-state index contributed by atoms with van der Waals surface area (Å²) in [5.41, 5.74) is 1.01. The predicted molar refractivity (Wildman–Crippen MR) is 83.9 cm³/mol. The fraction of sp³-hybridized carbons (Fsp3) is 0.667. The highest BCUT2D eigenvalue weighted by molar-refractivity contribution is 7.14. The number of carbonyl (C=O) groups is 1. The van der Waals surface area contributed by atoms with Gasteiger partial charge in [0, 0.05) is 18.5 Å². The third-order valence-electron chi connectivity index (χ3n) is 3.99. The Balaban J connectivity index is 2.05. The molecule has 5 heteroatoms. The van der Waals surface area contributed by atoms with E-state index in [4.69, 9.17) is 4.74 Å². The van der Waals surface area contributed by atoms with Gasteiger partial charge >= 0.3 is 5.97 Å². The molecule has 1 aromatic rings. The molecular weight excluding hydrogens is 272 g/mol. The molecule has 0 N–H and O–H groups in total. The van der Waals surface area contributed by atoms with Crippen LogP contribution in [0.3, 0.4) is 0 Å². The molecule has 4 nitrogen and oxygen atoms in total. The highest BCUT2D eigenvalue weighted by atomic mass is 32.1.